The Morgan fingerprint density at radius 1 is 1.00 bits per heavy atom. The highest BCUT2D eigenvalue weighted by atomic mass is 32.2. The number of hydrogen-bond acceptors (Lipinski definition) is 5. The smallest absolute Gasteiger partial charge is 0.343 e. The van der Waals surface area contributed by atoms with Gasteiger partial charge < -0.3 is 20.4 Å². The predicted octanol–water partition coefficient (Wildman–Crippen LogP) is -1.47. The van der Waals surface area contributed by atoms with Gasteiger partial charge in [0.2, 0.25) is 10.9 Å². The number of aliphatic hydroxyl groups is 2. The van der Waals surface area contributed by atoms with Crippen LogP contribution in [0.1, 0.15) is 0 Å². The van der Waals surface area contributed by atoms with Gasteiger partial charge in [0, 0.05) is 0 Å². The minimum Gasteiger partial charge on any atom is -0.479 e. The summed E-state index contributed by atoms with van der Waals surface area (Å²) in [7, 11) is 0. The van der Waals surface area contributed by atoms with Gasteiger partial charge in [-0.1, -0.05) is 11.8 Å². The highest BCUT2D eigenvalue weighted by Gasteiger charge is 2.23. The van der Waals surface area contributed by atoms with Crippen LogP contribution in [0.25, 0.3) is 0 Å². The molecule has 0 spiro atoms. The minimum atomic E-state index is -1.92. The van der Waals surface area contributed by atoms with Crippen molar-refractivity contribution in [3.63, 3.8) is 0 Å². The molecule has 11 heavy (non-hydrogen) atoms. The third kappa shape index (κ3) is 3.81. The lowest BCUT2D eigenvalue weighted by Gasteiger charge is -2.06. The maximum Gasteiger partial charge on any atom is 0.343 e. The monoisotopic (exact) mass is 182 g/mol. The van der Waals surface area contributed by atoms with E-state index in [1.54, 1.807) is 0 Å². The molecule has 2 atom stereocenters. The van der Waals surface area contributed by atoms with Gasteiger partial charge in [-0.15, -0.1) is 0 Å². The van der Waals surface area contributed by atoms with Gasteiger partial charge in [-0.2, -0.15) is 0 Å². The van der Waals surface area contributed by atoms with Gasteiger partial charge in [-0.25, -0.2) is 9.59 Å². The Morgan fingerprint density at radius 2 is 1.27 bits per heavy atom. The fourth-order valence-electron chi connectivity index (χ4n) is 0.239. The van der Waals surface area contributed by atoms with Gasteiger partial charge in [-0.05, 0) is 0 Å². The van der Waals surface area contributed by atoms with Gasteiger partial charge in [-0.3, -0.25) is 0 Å². The molecule has 4 N–H and O–H groups in total. The number of aliphatic carboxylic acids is 2. The second kappa shape index (κ2) is 4.16. The van der Waals surface area contributed by atoms with Crippen LogP contribution in [-0.4, -0.2) is 43.2 Å². The Morgan fingerprint density at radius 3 is 1.45 bits per heavy atom. The first kappa shape index (κ1) is 10.2. The summed E-state index contributed by atoms with van der Waals surface area (Å²) in [4.78, 5) is 19.8. The molecule has 0 saturated carbocycles. The molecule has 0 aromatic carbocycles. The molecule has 0 aromatic heterocycles. The van der Waals surface area contributed by atoms with Crippen LogP contribution in [0.2, 0.25) is 0 Å². The molecule has 0 aliphatic rings. The lowest BCUT2D eigenvalue weighted by molar-refractivity contribution is -0.142. The highest BCUT2D eigenvalue weighted by molar-refractivity contribution is 8.01. The molecule has 64 valence electrons. The predicted molar refractivity (Wildman–Crippen MR) is 34.9 cm³/mol. The number of aliphatic hydroxyl groups excluding tert-OH is 2. The molecule has 0 fully saturated rings. The lowest BCUT2D eigenvalue weighted by atomic mass is 10.7. The van der Waals surface area contributed by atoms with Gasteiger partial charge in [0.1, 0.15) is 0 Å². The molecule has 0 aromatic rings. The molecule has 0 saturated heterocycles. The van der Waals surface area contributed by atoms with Crippen molar-refractivity contribution in [1.29, 1.82) is 0 Å². The molecule has 0 aliphatic heterocycles. The standard InChI is InChI=1S/C4H6O6S/c5-1(6)3(9)11-4(10)2(7)8/h3-4,9-10H,(H,5,6)(H,7,8). The number of hydrogen-bond donors (Lipinski definition) is 4. The van der Waals surface area contributed by atoms with E-state index in [0.29, 0.717) is 0 Å². The molecule has 7 heteroatoms. The van der Waals surface area contributed by atoms with Crippen LogP contribution in [-0.2, 0) is 9.59 Å². The molecule has 0 amide bonds. The Kier molecular flexibility index (Phi) is 3.86. The van der Waals surface area contributed by atoms with Crippen LogP contribution in [0.5, 0.6) is 0 Å². The van der Waals surface area contributed by atoms with Crippen LogP contribution in [0.4, 0.5) is 0 Å². The van der Waals surface area contributed by atoms with E-state index >= 15 is 0 Å². The van der Waals surface area contributed by atoms with E-state index in [0.717, 1.165) is 0 Å². The molecular weight excluding hydrogens is 176 g/mol. The van der Waals surface area contributed by atoms with Gasteiger partial charge >= 0.3 is 11.9 Å². The lowest BCUT2D eigenvalue weighted by Crippen LogP contribution is -2.24. The van der Waals surface area contributed by atoms with E-state index in [1.165, 1.54) is 0 Å². The van der Waals surface area contributed by atoms with Crippen molar-refractivity contribution >= 4 is 23.7 Å². The van der Waals surface area contributed by atoms with Crippen LogP contribution in [0.15, 0.2) is 0 Å². The topological polar surface area (TPSA) is 115 Å². The summed E-state index contributed by atoms with van der Waals surface area (Å²) >= 11 is 0.0278. The Balaban J connectivity index is 3.84. The minimum absolute atomic E-state index is 0.0278. The Hall–Kier alpha value is -0.790. The fourth-order valence-corrected chi connectivity index (χ4v) is 0.716. The summed E-state index contributed by atoms with van der Waals surface area (Å²) in [6.07, 6.45) is 0. The molecule has 0 aliphatic carbocycles. The van der Waals surface area contributed by atoms with E-state index in [4.69, 9.17) is 20.4 Å². The van der Waals surface area contributed by atoms with Crippen molar-refractivity contribution in [2.45, 2.75) is 10.9 Å². The average molecular weight is 182 g/mol. The van der Waals surface area contributed by atoms with Gasteiger partial charge in [0.05, 0.1) is 0 Å². The SMILES string of the molecule is O=C(O)C(O)SC(O)C(=O)O. The van der Waals surface area contributed by atoms with Gasteiger partial charge in [0.15, 0.2) is 0 Å². The number of carbonyl (C=O) groups is 2. The average Bonchev–Trinajstić information content (AvgIpc) is 1.87. The number of rotatable bonds is 4. The number of carboxylic acids is 2. The van der Waals surface area contributed by atoms with E-state index in [1.807, 2.05) is 0 Å². The Bertz CT molecular complexity index is 150. The first-order chi connectivity index (χ1) is 4.95. The summed E-state index contributed by atoms with van der Waals surface area (Å²) in [6, 6.07) is 0. The van der Waals surface area contributed by atoms with Crippen LogP contribution in [0.3, 0.4) is 0 Å². The summed E-state index contributed by atoms with van der Waals surface area (Å²) in [6.45, 7) is 0. The van der Waals surface area contributed by atoms with E-state index in [9.17, 15) is 9.59 Å². The van der Waals surface area contributed by atoms with Crippen molar-refractivity contribution in [2.75, 3.05) is 0 Å². The van der Waals surface area contributed by atoms with E-state index in [-0.39, 0.29) is 11.8 Å². The molecule has 0 radical (unpaired) electrons. The quantitative estimate of drug-likeness (QED) is 0.392. The summed E-state index contributed by atoms with van der Waals surface area (Å²) in [5, 5.41) is 33.0. The maximum absolute atomic E-state index is 9.88. The third-order valence-electron chi connectivity index (χ3n) is 0.680. The zero-order valence-corrected chi connectivity index (χ0v) is 5.98. The first-order valence-corrected chi connectivity index (χ1v) is 3.36. The van der Waals surface area contributed by atoms with E-state index in [2.05, 4.69) is 0 Å². The van der Waals surface area contributed by atoms with Crippen LogP contribution < -0.4 is 0 Å². The van der Waals surface area contributed by atoms with Crippen LogP contribution in [0, 0.1) is 0 Å². The van der Waals surface area contributed by atoms with Gasteiger partial charge in [0.25, 0.3) is 0 Å². The molecular formula is C4H6O6S. The third-order valence-corrected chi connectivity index (χ3v) is 1.60. The maximum atomic E-state index is 9.88. The normalized spacial score (nSPS) is 15.5. The summed E-state index contributed by atoms with van der Waals surface area (Å²) in [5.41, 5.74) is -3.83. The Labute approximate surface area is 65.5 Å². The molecule has 2 unspecified atom stereocenters. The van der Waals surface area contributed by atoms with Crippen LogP contribution >= 0.6 is 11.8 Å². The fraction of sp³-hybridized carbons (Fsp3) is 0.500. The van der Waals surface area contributed by atoms with Crippen molar-refractivity contribution < 1.29 is 30.0 Å². The zero-order chi connectivity index (χ0) is 9.02. The van der Waals surface area contributed by atoms with Crippen molar-refractivity contribution in [3.05, 3.63) is 0 Å². The molecule has 0 rings (SSSR count). The van der Waals surface area contributed by atoms with Crippen molar-refractivity contribution in [1.82, 2.24) is 0 Å². The molecule has 0 heterocycles. The largest absolute Gasteiger partial charge is 0.479 e. The van der Waals surface area contributed by atoms with Crippen molar-refractivity contribution in [3.8, 4) is 0 Å². The second-order valence-corrected chi connectivity index (χ2v) is 2.68. The summed E-state index contributed by atoms with van der Waals surface area (Å²) < 4.78 is 0. The molecule has 0 bridgehead atoms. The summed E-state index contributed by atoms with van der Waals surface area (Å²) in [5.74, 6) is -3.18. The van der Waals surface area contributed by atoms with Crippen molar-refractivity contribution in [2.24, 2.45) is 0 Å². The second-order valence-electron chi connectivity index (χ2n) is 1.52. The first-order valence-electron chi connectivity index (χ1n) is 2.42. The number of thioether (sulfide) groups is 1. The zero-order valence-electron chi connectivity index (χ0n) is 5.17. The molecule has 6 nitrogen and oxygen atoms in total. The van der Waals surface area contributed by atoms with E-state index < -0.39 is 22.8 Å². The number of carboxylic acid groups (broad SMARTS) is 2. The highest BCUT2D eigenvalue weighted by Crippen LogP contribution is 2.13.